The average Bonchev–Trinajstić information content (AvgIpc) is 2.96. The molecule has 1 aliphatic rings. The minimum Gasteiger partial charge on any atom is -0.462 e. The number of carbonyl (C=O) groups is 2. The Labute approximate surface area is 154 Å². The summed E-state index contributed by atoms with van der Waals surface area (Å²) in [6.45, 7) is 8.81. The van der Waals surface area contributed by atoms with Crippen LogP contribution in [-0.4, -0.2) is 38.1 Å². The summed E-state index contributed by atoms with van der Waals surface area (Å²) in [6, 6.07) is 0. The third kappa shape index (κ3) is 5.28. The largest absolute Gasteiger partial charge is 0.462 e. The first-order valence-electron chi connectivity index (χ1n) is 9.55. The highest BCUT2D eigenvalue weighted by molar-refractivity contribution is 7.17. The highest BCUT2D eigenvalue weighted by Gasteiger charge is 2.27. The summed E-state index contributed by atoms with van der Waals surface area (Å²) >= 11 is 1.55. The van der Waals surface area contributed by atoms with Gasteiger partial charge in [0.2, 0.25) is 0 Å². The van der Waals surface area contributed by atoms with Crippen molar-refractivity contribution in [1.82, 2.24) is 0 Å². The molecule has 25 heavy (non-hydrogen) atoms. The fraction of sp³-hybridized carbons (Fsp3) is 0.684. The van der Waals surface area contributed by atoms with Crippen LogP contribution in [0.3, 0.4) is 0 Å². The minimum absolute atomic E-state index is 0.0166. The van der Waals surface area contributed by atoms with Gasteiger partial charge in [-0.15, -0.1) is 11.3 Å². The van der Waals surface area contributed by atoms with E-state index in [4.69, 9.17) is 4.74 Å². The van der Waals surface area contributed by atoms with Gasteiger partial charge in [0.1, 0.15) is 5.00 Å². The second kappa shape index (κ2) is 9.92. The molecular weight excluding hydrogens is 336 g/mol. The highest BCUT2D eigenvalue weighted by atomic mass is 32.1. The Morgan fingerprint density at radius 2 is 1.96 bits per heavy atom. The summed E-state index contributed by atoms with van der Waals surface area (Å²) in [5.74, 6) is -0.319. The van der Waals surface area contributed by atoms with Gasteiger partial charge in [-0.05, 0) is 51.5 Å². The third-order valence-corrected chi connectivity index (χ3v) is 5.91. The van der Waals surface area contributed by atoms with Gasteiger partial charge in [0.05, 0.1) is 25.3 Å². The molecule has 5 nitrogen and oxygen atoms in total. The molecule has 1 atom stereocenters. The van der Waals surface area contributed by atoms with Crippen molar-refractivity contribution in [1.29, 1.82) is 0 Å². The highest BCUT2D eigenvalue weighted by Crippen LogP contribution is 2.38. The van der Waals surface area contributed by atoms with E-state index in [0.717, 1.165) is 57.2 Å². The summed E-state index contributed by atoms with van der Waals surface area (Å²) in [4.78, 5) is 27.4. The average molecular weight is 368 g/mol. The third-order valence-electron chi connectivity index (χ3n) is 4.70. The van der Waals surface area contributed by atoms with Gasteiger partial charge in [0, 0.05) is 4.88 Å². The van der Waals surface area contributed by atoms with Crippen LogP contribution in [0.15, 0.2) is 0 Å². The van der Waals surface area contributed by atoms with Crippen molar-refractivity contribution in [3.8, 4) is 0 Å². The molecule has 1 aromatic rings. The van der Waals surface area contributed by atoms with E-state index < -0.39 is 0 Å². The number of fused-ring (bicyclic) bond motifs is 1. The lowest BCUT2D eigenvalue weighted by atomic mass is 9.95. The van der Waals surface area contributed by atoms with Gasteiger partial charge >= 0.3 is 5.97 Å². The summed E-state index contributed by atoms with van der Waals surface area (Å²) in [7, 11) is 0. The minimum atomic E-state index is -0.303. The Kier molecular flexibility index (Phi) is 7.90. The Hall–Kier alpha value is -1.40. The number of anilines is 1. The predicted molar refractivity (Wildman–Crippen MR) is 102 cm³/mol. The molecule has 1 aromatic heterocycles. The van der Waals surface area contributed by atoms with Crippen molar-refractivity contribution in [2.24, 2.45) is 0 Å². The van der Waals surface area contributed by atoms with Crippen molar-refractivity contribution >= 4 is 28.2 Å². The van der Waals surface area contributed by atoms with Crippen LogP contribution < -0.4 is 10.2 Å². The molecular formula is C19H31N2O3S+. The predicted octanol–water partition coefficient (Wildman–Crippen LogP) is 2.45. The first kappa shape index (κ1) is 19.9. The van der Waals surface area contributed by atoms with Crippen LogP contribution in [0.25, 0.3) is 0 Å². The van der Waals surface area contributed by atoms with E-state index in [1.54, 1.807) is 11.3 Å². The maximum atomic E-state index is 12.5. The number of rotatable bonds is 9. The number of carbonyl (C=O) groups excluding carboxylic acids is 2. The Morgan fingerprint density at radius 3 is 2.64 bits per heavy atom. The molecule has 6 heteroatoms. The molecule has 0 radical (unpaired) electrons. The van der Waals surface area contributed by atoms with Gasteiger partial charge in [-0.1, -0.05) is 13.3 Å². The van der Waals surface area contributed by atoms with Crippen molar-refractivity contribution in [2.75, 3.05) is 31.6 Å². The van der Waals surface area contributed by atoms with E-state index in [1.165, 1.54) is 9.78 Å². The normalized spacial score (nSPS) is 14.7. The van der Waals surface area contributed by atoms with Gasteiger partial charge in [-0.2, -0.15) is 0 Å². The van der Waals surface area contributed by atoms with E-state index in [2.05, 4.69) is 19.2 Å². The number of unbranched alkanes of at least 4 members (excludes halogenated alkanes) is 1. The smallest absolute Gasteiger partial charge is 0.341 e. The Balaban J connectivity index is 2.13. The van der Waals surface area contributed by atoms with E-state index in [9.17, 15) is 9.59 Å². The van der Waals surface area contributed by atoms with E-state index in [0.29, 0.717) is 23.7 Å². The molecule has 1 heterocycles. The summed E-state index contributed by atoms with van der Waals surface area (Å²) in [5, 5.41) is 3.69. The van der Waals surface area contributed by atoms with Gasteiger partial charge in [0.25, 0.3) is 5.91 Å². The molecule has 2 N–H and O–H groups in total. The van der Waals surface area contributed by atoms with E-state index in [-0.39, 0.29) is 11.9 Å². The molecule has 0 saturated carbocycles. The molecule has 1 unspecified atom stereocenters. The van der Waals surface area contributed by atoms with E-state index in [1.807, 2.05) is 6.92 Å². The number of hydrogen-bond donors (Lipinski definition) is 2. The molecule has 0 aromatic carbocycles. The monoisotopic (exact) mass is 367 g/mol. The van der Waals surface area contributed by atoms with Gasteiger partial charge in [0.15, 0.2) is 6.54 Å². The Bertz CT molecular complexity index is 598. The zero-order valence-electron chi connectivity index (χ0n) is 15.7. The van der Waals surface area contributed by atoms with Gasteiger partial charge in [-0.25, -0.2) is 4.79 Å². The summed E-state index contributed by atoms with van der Waals surface area (Å²) in [6.07, 6.45) is 6.39. The second-order valence-electron chi connectivity index (χ2n) is 6.57. The number of aryl methyl sites for hydroxylation is 1. The molecule has 0 saturated heterocycles. The number of amides is 1. The molecule has 1 amide bonds. The van der Waals surface area contributed by atoms with Crippen molar-refractivity contribution in [3.63, 3.8) is 0 Å². The molecule has 0 spiro atoms. The zero-order chi connectivity index (χ0) is 18.2. The van der Waals surface area contributed by atoms with Crippen molar-refractivity contribution in [2.45, 2.75) is 59.3 Å². The van der Waals surface area contributed by atoms with Gasteiger partial charge < -0.3 is 15.0 Å². The molecule has 2 rings (SSSR count). The number of thiophene rings is 1. The maximum absolute atomic E-state index is 12.5. The number of esters is 1. The topological polar surface area (TPSA) is 59.8 Å². The number of hydrogen-bond acceptors (Lipinski definition) is 4. The van der Waals surface area contributed by atoms with Crippen LogP contribution in [0.1, 0.15) is 67.3 Å². The number of ether oxygens (including phenoxy) is 1. The van der Waals surface area contributed by atoms with Crippen LogP contribution in [-0.2, 0) is 22.4 Å². The van der Waals surface area contributed by atoms with Crippen molar-refractivity contribution in [3.05, 3.63) is 16.0 Å². The number of likely N-dealkylation sites (N-methyl/N-ethyl adjacent to an activating group) is 1. The fourth-order valence-electron chi connectivity index (χ4n) is 3.29. The quantitative estimate of drug-likeness (QED) is 0.659. The molecule has 140 valence electrons. The number of quaternary nitrogens is 1. The second-order valence-corrected chi connectivity index (χ2v) is 7.67. The molecule has 1 aliphatic carbocycles. The fourth-order valence-corrected chi connectivity index (χ4v) is 4.58. The first-order valence-corrected chi connectivity index (χ1v) is 10.4. The first-order chi connectivity index (χ1) is 12.1. The maximum Gasteiger partial charge on any atom is 0.341 e. The summed E-state index contributed by atoms with van der Waals surface area (Å²) in [5.41, 5.74) is 1.69. The summed E-state index contributed by atoms with van der Waals surface area (Å²) < 4.78 is 5.24. The van der Waals surface area contributed by atoms with Crippen LogP contribution in [0.4, 0.5) is 5.00 Å². The van der Waals surface area contributed by atoms with Crippen LogP contribution in [0.5, 0.6) is 0 Å². The Morgan fingerprint density at radius 1 is 1.20 bits per heavy atom. The SMILES string of the molecule is CCCC[NH+](CC)CC(=O)Nc1sc2c(c1C(=O)OCC)CCCC2. The van der Waals surface area contributed by atoms with Gasteiger partial charge in [-0.3, -0.25) is 4.79 Å². The zero-order valence-corrected chi connectivity index (χ0v) is 16.5. The van der Waals surface area contributed by atoms with E-state index >= 15 is 0 Å². The lowest BCUT2D eigenvalue weighted by molar-refractivity contribution is -0.890. The lowest BCUT2D eigenvalue weighted by Gasteiger charge is -2.17. The van der Waals surface area contributed by atoms with Crippen LogP contribution in [0.2, 0.25) is 0 Å². The lowest BCUT2D eigenvalue weighted by Crippen LogP contribution is -3.12. The standard InChI is InChI=1S/C19H30N2O3S/c1-4-7-12-21(5-2)13-16(22)20-18-17(19(23)24-6-3)14-10-8-9-11-15(14)25-18/h4-13H2,1-3H3,(H,20,22)/p+1. The van der Waals surface area contributed by atoms with Crippen LogP contribution >= 0.6 is 11.3 Å². The number of nitrogens with one attached hydrogen (secondary N) is 2. The molecule has 0 aliphatic heterocycles. The molecule has 0 bridgehead atoms. The molecule has 0 fully saturated rings. The van der Waals surface area contributed by atoms with Crippen molar-refractivity contribution < 1.29 is 19.2 Å². The van der Waals surface area contributed by atoms with Crippen LogP contribution in [0, 0.1) is 0 Å².